The van der Waals surface area contributed by atoms with Gasteiger partial charge in [-0.2, -0.15) is 0 Å². The molecule has 2 spiro atoms. The first-order chi connectivity index (χ1) is 16.2. The maximum absolute atomic E-state index is 11.9. The first-order valence-electron chi connectivity index (χ1n) is 11.9. The molecule has 0 unspecified atom stereocenters. The van der Waals surface area contributed by atoms with Crippen molar-refractivity contribution in [2.45, 2.75) is 62.2 Å². The van der Waals surface area contributed by atoms with Gasteiger partial charge in [-0.25, -0.2) is 18.4 Å². The summed E-state index contributed by atoms with van der Waals surface area (Å²) in [6.07, 6.45) is 10.6. The molecule has 0 aromatic carbocycles. The molecule has 2 aromatic rings. The van der Waals surface area contributed by atoms with Crippen LogP contribution < -0.4 is 9.62 Å². The van der Waals surface area contributed by atoms with Gasteiger partial charge in [0.15, 0.2) is 0 Å². The molecule has 4 heterocycles. The van der Waals surface area contributed by atoms with Crippen molar-refractivity contribution in [1.29, 1.82) is 0 Å². The Labute approximate surface area is 200 Å². The fourth-order valence-corrected chi connectivity index (χ4v) is 6.87. The molecule has 4 aliphatic rings. The molecule has 180 valence electrons. The van der Waals surface area contributed by atoms with E-state index in [9.17, 15) is 18.0 Å². The van der Waals surface area contributed by atoms with E-state index in [0.29, 0.717) is 31.0 Å². The Kier molecular flexibility index (Phi) is 5.70. The monoisotopic (exact) mass is 482 g/mol. The van der Waals surface area contributed by atoms with E-state index in [1.54, 1.807) is 6.20 Å². The van der Waals surface area contributed by atoms with Crippen molar-refractivity contribution in [2.75, 3.05) is 29.0 Å². The van der Waals surface area contributed by atoms with Gasteiger partial charge >= 0.3 is 0 Å². The number of ketones is 2. The molecule has 9 heteroatoms. The Balaban J connectivity index is 0.000000145. The standard InChI is InChI=1S/C13H16N2O3S.C12H14N2O/c1-19(17,18)15-9-13(6-4-10(16)5-7-13)11-3-2-8-14-12(11)15;15-9-3-5-12(6-4-9)8-14-11-10(12)2-1-7-13-11/h2-3,8H,4-7,9H2,1H3;1-2,7H,3-6,8H2,(H,13,14). The largest absolute Gasteiger partial charge is 0.369 e. The predicted octanol–water partition coefficient (Wildman–Crippen LogP) is 3.13. The normalized spacial score (nSPS) is 22.1. The molecule has 1 N–H and O–H groups in total. The van der Waals surface area contributed by atoms with Crippen LogP contribution in [0.2, 0.25) is 0 Å². The van der Waals surface area contributed by atoms with E-state index >= 15 is 0 Å². The first-order valence-corrected chi connectivity index (χ1v) is 13.7. The molecule has 0 atom stereocenters. The van der Waals surface area contributed by atoms with Crippen molar-refractivity contribution in [1.82, 2.24) is 9.97 Å². The number of aromatic nitrogens is 2. The van der Waals surface area contributed by atoms with Crippen LogP contribution in [0.3, 0.4) is 0 Å². The molecule has 2 aliphatic carbocycles. The summed E-state index contributed by atoms with van der Waals surface area (Å²) in [5, 5.41) is 3.35. The summed E-state index contributed by atoms with van der Waals surface area (Å²) in [5.74, 6) is 2.25. The minimum atomic E-state index is -3.32. The van der Waals surface area contributed by atoms with Gasteiger partial charge in [0.1, 0.15) is 23.2 Å². The number of carbonyl (C=O) groups is 2. The van der Waals surface area contributed by atoms with E-state index in [0.717, 1.165) is 56.5 Å². The van der Waals surface area contributed by atoms with Crippen molar-refractivity contribution in [2.24, 2.45) is 0 Å². The number of carbonyl (C=O) groups excluding carboxylic acids is 2. The zero-order chi connectivity index (χ0) is 24.0. The molecular weight excluding hydrogens is 452 g/mol. The molecule has 8 nitrogen and oxygen atoms in total. The molecule has 2 fully saturated rings. The Hall–Kier alpha value is -2.81. The minimum absolute atomic E-state index is 0.192. The van der Waals surface area contributed by atoms with Gasteiger partial charge in [0, 0.05) is 73.1 Å². The van der Waals surface area contributed by atoms with Crippen molar-refractivity contribution in [3.63, 3.8) is 0 Å². The maximum atomic E-state index is 11.9. The summed E-state index contributed by atoms with van der Waals surface area (Å²) in [7, 11) is -3.32. The molecule has 0 amide bonds. The average molecular weight is 483 g/mol. The second-order valence-corrected chi connectivity index (χ2v) is 11.9. The maximum Gasteiger partial charge on any atom is 0.233 e. The number of nitrogens with zero attached hydrogens (tertiary/aromatic N) is 3. The number of hydrogen-bond donors (Lipinski definition) is 1. The van der Waals surface area contributed by atoms with Gasteiger partial charge in [0.2, 0.25) is 10.0 Å². The SMILES string of the molecule is CS(=O)(=O)N1CC2(CCC(=O)CC2)c2cccnc21.O=C1CCC2(CC1)CNc1ncccc12. The number of fused-ring (bicyclic) bond motifs is 4. The Morgan fingerprint density at radius 3 is 2.03 bits per heavy atom. The van der Waals surface area contributed by atoms with Crippen molar-refractivity contribution < 1.29 is 18.0 Å². The quantitative estimate of drug-likeness (QED) is 0.665. The van der Waals surface area contributed by atoms with Crippen LogP contribution in [0.4, 0.5) is 11.6 Å². The number of pyridine rings is 2. The Morgan fingerprint density at radius 1 is 0.853 bits per heavy atom. The number of hydrogen-bond acceptors (Lipinski definition) is 7. The molecule has 0 bridgehead atoms. The fourth-order valence-electron chi connectivity index (χ4n) is 5.93. The van der Waals surface area contributed by atoms with E-state index in [1.165, 1.54) is 16.1 Å². The summed E-state index contributed by atoms with van der Waals surface area (Å²) in [6, 6.07) is 7.92. The van der Waals surface area contributed by atoms with Crippen LogP contribution in [0, 0.1) is 0 Å². The molecule has 2 aliphatic heterocycles. The summed E-state index contributed by atoms with van der Waals surface area (Å²) < 4.78 is 25.2. The van der Waals surface area contributed by atoms with Crippen molar-refractivity contribution in [3.8, 4) is 0 Å². The zero-order valence-electron chi connectivity index (χ0n) is 19.4. The molecule has 0 radical (unpaired) electrons. The zero-order valence-corrected chi connectivity index (χ0v) is 20.2. The fraction of sp³-hybridized carbons (Fsp3) is 0.520. The van der Waals surface area contributed by atoms with E-state index in [2.05, 4.69) is 21.4 Å². The Morgan fingerprint density at radius 2 is 1.41 bits per heavy atom. The van der Waals surface area contributed by atoms with Gasteiger partial charge in [-0.1, -0.05) is 12.1 Å². The highest BCUT2D eigenvalue weighted by molar-refractivity contribution is 7.92. The van der Waals surface area contributed by atoms with Crippen LogP contribution in [0.5, 0.6) is 0 Å². The van der Waals surface area contributed by atoms with Crippen LogP contribution in [-0.2, 0) is 30.4 Å². The van der Waals surface area contributed by atoms with Crippen molar-refractivity contribution >= 4 is 33.2 Å². The van der Waals surface area contributed by atoms with Crippen LogP contribution in [0.15, 0.2) is 36.7 Å². The third-order valence-electron chi connectivity index (χ3n) is 7.94. The predicted molar refractivity (Wildman–Crippen MR) is 129 cm³/mol. The van der Waals surface area contributed by atoms with Gasteiger partial charge in [-0.3, -0.25) is 13.9 Å². The van der Waals surface area contributed by atoms with Gasteiger partial charge in [-0.15, -0.1) is 0 Å². The van der Waals surface area contributed by atoms with E-state index in [-0.39, 0.29) is 16.6 Å². The Bertz CT molecular complexity index is 1220. The minimum Gasteiger partial charge on any atom is -0.369 e. The summed E-state index contributed by atoms with van der Waals surface area (Å²) in [6.45, 7) is 1.37. The average Bonchev–Trinajstić information content (AvgIpc) is 3.36. The van der Waals surface area contributed by atoms with E-state index in [4.69, 9.17) is 0 Å². The molecular formula is C25H30N4O4S. The third kappa shape index (κ3) is 4.00. The summed E-state index contributed by atoms with van der Waals surface area (Å²) in [4.78, 5) is 31.3. The lowest BCUT2D eigenvalue weighted by Gasteiger charge is -2.33. The highest BCUT2D eigenvalue weighted by atomic mass is 32.2. The molecule has 2 saturated carbocycles. The molecule has 2 aromatic heterocycles. The molecule has 6 rings (SSSR count). The van der Waals surface area contributed by atoms with Gasteiger partial charge in [0.25, 0.3) is 0 Å². The highest BCUT2D eigenvalue weighted by Gasteiger charge is 2.48. The number of rotatable bonds is 1. The first kappa shape index (κ1) is 23.0. The van der Waals surface area contributed by atoms with E-state index < -0.39 is 10.0 Å². The number of sulfonamides is 1. The lowest BCUT2D eigenvalue weighted by atomic mass is 9.71. The van der Waals surface area contributed by atoms with Crippen LogP contribution in [0.1, 0.15) is 62.5 Å². The summed E-state index contributed by atoms with van der Waals surface area (Å²) in [5.41, 5.74) is 2.27. The highest BCUT2D eigenvalue weighted by Crippen LogP contribution is 2.48. The van der Waals surface area contributed by atoms with Gasteiger partial charge < -0.3 is 5.32 Å². The summed E-state index contributed by atoms with van der Waals surface area (Å²) >= 11 is 0. The topological polar surface area (TPSA) is 109 Å². The lowest BCUT2D eigenvalue weighted by Crippen LogP contribution is -2.39. The number of Topliss-reactive ketones (excluding diaryl/α,β-unsaturated/α-hetero) is 2. The number of anilines is 2. The smallest absolute Gasteiger partial charge is 0.233 e. The third-order valence-corrected chi connectivity index (χ3v) is 9.05. The van der Waals surface area contributed by atoms with Crippen molar-refractivity contribution in [3.05, 3.63) is 47.8 Å². The molecule has 34 heavy (non-hydrogen) atoms. The van der Waals surface area contributed by atoms with Crippen LogP contribution >= 0.6 is 0 Å². The van der Waals surface area contributed by atoms with Crippen LogP contribution in [0.25, 0.3) is 0 Å². The second kappa shape index (κ2) is 8.45. The second-order valence-electron chi connectivity index (χ2n) is 10.0. The van der Waals surface area contributed by atoms with Gasteiger partial charge in [-0.05, 0) is 37.8 Å². The number of nitrogens with one attached hydrogen (secondary N) is 1. The lowest BCUT2D eigenvalue weighted by molar-refractivity contribution is -0.122. The van der Waals surface area contributed by atoms with Gasteiger partial charge in [0.05, 0.1) is 6.26 Å². The van der Waals surface area contributed by atoms with Crippen LogP contribution in [-0.4, -0.2) is 49.3 Å². The van der Waals surface area contributed by atoms with E-state index in [1.807, 2.05) is 24.4 Å². The molecule has 0 saturated heterocycles.